The molecule has 6 heteroatoms. The molecule has 0 aromatic carbocycles. The van der Waals surface area contributed by atoms with E-state index in [1.165, 1.54) is 0 Å². The Morgan fingerprint density at radius 2 is 2.06 bits per heavy atom. The van der Waals surface area contributed by atoms with Gasteiger partial charge in [-0.3, -0.25) is 0 Å². The fourth-order valence-electron chi connectivity index (χ4n) is 1.98. The Kier molecular flexibility index (Phi) is 6.04. The van der Waals surface area contributed by atoms with Gasteiger partial charge in [0.15, 0.2) is 0 Å². The molecule has 1 heterocycles. The summed E-state index contributed by atoms with van der Waals surface area (Å²) >= 11 is 0. The molecule has 1 unspecified atom stereocenters. The summed E-state index contributed by atoms with van der Waals surface area (Å²) < 4.78 is 31.8. The molecule has 1 aliphatic heterocycles. The maximum Gasteiger partial charge on any atom is 0.212 e. The summed E-state index contributed by atoms with van der Waals surface area (Å²) in [6, 6.07) is 0.453. The molecule has 0 aromatic heterocycles. The second-order valence-electron chi connectivity index (χ2n) is 5.60. The molecular weight excluding hydrogens is 252 g/mol. The summed E-state index contributed by atoms with van der Waals surface area (Å²) in [7, 11) is -3.18. The Labute approximate surface area is 111 Å². The van der Waals surface area contributed by atoms with Gasteiger partial charge in [0.2, 0.25) is 10.0 Å². The zero-order valence-electron chi connectivity index (χ0n) is 11.7. The number of nitrogens with one attached hydrogen (secondary N) is 2. The van der Waals surface area contributed by atoms with Crippen molar-refractivity contribution in [2.75, 3.05) is 25.5 Å². The number of hydrogen-bond acceptors (Lipinski definition) is 4. The van der Waals surface area contributed by atoms with E-state index in [1.807, 2.05) is 6.92 Å². The summed E-state index contributed by atoms with van der Waals surface area (Å²) in [6.45, 7) is 8.04. The van der Waals surface area contributed by atoms with Gasteiger partial charge < -0.3 is 10.1 Å². The molecule has 1 saturated heterocycles. The molecule has 1 atom stereocenters. The lowest BCUT2D eigenvalue weighted by atomic mass is 10.0. The van der Waals surface area contributed by atoms with Crippen LogP contribution in [0.1, 0.15) is 40.0 Å². The van der Waals surface area contributed by atoms with E-state index in [0.29, 0.717) is 25.7 Å². The van der Waals surface area contributed by atoms with Crippen LogP contribution in [0.25, 0.3) is 0 Å². The first-order valence-electron chi connectivity index (χ1n) is 6.66. The molecule has 108 valence electrons. The number of unbranched alkanes of at least 4 members (excludes halogenated alkanes) is 1. The van der Waals surface area contributed by atoms with E-state index in [2.05, 4.69) is 23.9 Å². The largest absolute Gasteiger partial charge is 0.379 e. The van der Waals surface area contributed by atoms with Gasteiger partial charge in [-0.15, -0.1) is 0 Å². The first-order chi connectivity index (χ1) is 8.33. The van der Waals surface area contributed by atoms with Crippen molar-refractivity contribution in [3.63, 3.8) is 0 Å². The van der Waals surface area contributed by atoms with Crippen LogP contribution < -0.4 is 10.0 Å². The number of ether oxygens (including phenoxy) is 1. The molecule has 1 rings (SSSR count). The monoisotopic (exact) mass is 278 g/mol. The van der Waals surface area contributed by atoms with E-state index in [-0.39, 0.29) is 5.75 Å². The van der Waals surface area contributed by atoms with Gasteiger partial charge in [0.25, 0.3) is 0 Å². The molecule has 0 spiro atoms. The molecular formula is C12H26N2O3S. The van der Waals surface area contributed by atoms with Gasteiger partial charge in [-0.1, -0.05) is 13.8 Å². The standard InChI is InChI=1S/C12H26N2O3S/c1-11(2)13-7-4-5-9-18(15,16)14-12(3)6-8-17-10-12/h11,13-14H,4-10H2,1-3H3. The third-order valence-electron chi connectivity index (χ3n) is 3.01. The van der Waals surface area contributed by atoms with Crippen LogP contribution in [0.4, 0.5) is 0 Å². The summed E-state index contributed by atoms with van der Waals surface area (Å²) in [5, 5.41) is 3.28. The Hall–Kier alpha value is -0.170. The van der Waals surface area contributed by atoms with Crippen molar-refractivity contribution >= 4 is 10.0 Å². The van der Waals surface area contributed by atoms with Gasteiger partial charge in [0, 0.05) is 12.6 Å². The maximum absolute atomic E-state index is 11.9. The third kappa shape index (κ3) is 6.13. The zero-order valence-corrected chi connectivity index (χ0v) is 12.5. The minimum Gasteiger partial charge on any atom is -0.379 e. The van der Waals surface area contributed by atoms with Crippen molar-refractivity contribution in [3.8, 4) is 0 Å². The van der Waals surface area contributed by atoms with E-state index in [0.717, 1.165) is 19.4 Å². The molecule has 1 aliphatic rings. The van der Waals surface area contributed by atoms with Crippen molar-refractivity contribution < 1.29 is 13.2 Å². The van der Waals surface area contributed by atoms with Crippen LogP contribution in [-0.2, 0) is 14.8 Å². The summed E-state index contributed by atoms with van der Waals surface area (Å²) in [6.07, 6.45) is 2.32. The van der Waals surface area contributed by atoms with Crippen LogP contribution in [0.3, 0.4) is 0 Å². The van der Waals surface area contributed by atoms with Gasteiger partial charge in [-0.2, -0.15) is 0 Å². The molecule has 0 bridgehead atoms. The first-order valence-corrected chi connectivity index (χ1v) is 8.31. The predicted molar refractivity (Wildman–Crippen MR) is 73.1 cm³/mol. The Morgan fingerprint density at radius 1 is 1.33 bits per heavy atom. The Bertz CT molecular complexity index is 335. The Morgan fingerprint density at radius 3 is 2.61 bits per heavy atom. The summed E-state index contributed by atoms with van der Waals surface area (Å²) in [5.74, 6) is 0.197. The van der Waals surface area contributed by atoms with Crippen LogP contribution in [0.2, 0.25) is 0 Å². The van der Waals surface area contributed by atoms with Crippen LogP contribution in [0.5, 0.6) is 0 Å². The van der Waals surface area contributed by atoms with E-state index in [9.17, 15) is 8.42 Å². The highest BCUT2D eigenvalue weighted by atomic mass is 32.2. The van der Waals surface area contributed by atoms with Gasteiger partial charge in [-0.05, 0) is 32.7 Å². The molecule has 0 radical (unpaired) electrons. The quantitative estimate of drug-likeness (QED) is 0.646. The lowest BCUT2D eigenvalue weighted by Gasteiger charge is -2.23. The normalized spacial score (nSPS) is 24.9. The summed E-state index contributed by atoms with van der Waals surface area (Å²) in [4.78, 5) is 0. The van der Waals surface area contributed by atoms with Crippen LogP contribution in [0.15, 0.2) is 0 Å². The van der Waals surface area contributed by atoms with Gasteiger partial charge in [0.1, 0.15) is 0 Å². The molecule has 1 fully saturated rings. The number of hydrogen-bond donors (Lipinski definition) is 2. The Balaban J connectivity index is 2.23. The highest BCUT2D eigenvalue weighted by Crippen LogP contribution is 2.18. The third-order valence-corrected chi connectivity index (χ3v) is 4.64. The minimum atomic E-state index is -3.18. The summed E-state index contributed by atoms with van der Waals surface area (Å²) in [5.41, 5.74) is -0.408. The predicted octanol–water partition coefficient (Wildman–Crippen LogP) is 0.863. The average molecular weight is 278 g/mol. The fourth-order valence-corrected chi connectivity index (χ4v) is 3.58. The maximum atomic E-state index is 11.9. The average Bonchev–Trinajstić information content (AvgIpc) is 2.62. The van der Waals surface area contributed by atoms with Crippen molar-refractivity contribution in [1.82, 2.24) is 10.0 Å². The lowest BCUT2D eigenvalue weighted by Crippen LogP contribution is -2.47. The molecule has 0 aliphatic carbocycles. The molecule has 2 N–H and O–H groups in total. The van der Waals surface area contributed by atoms with Crippen LogP contribution in [-0.4, -0.2) is 45.5 Å². The van der Waals surface area contributed by atoms with Gasteiger partial charge in [-0.25, -0.2) is 13.1 Å². The highest BCUT2D eigenvalue weighted by molar-refractivity contribution is 7.89. The SMILES string of the molecule is CC(C)NCCCCS(=O)(=O)NC1(C)CCOC1. The van der Waals surface area contributed by atoms with Gasteiger partial charge in [0.05, 0.1) is 17.9 Å². The smallest absolute Gasteiger partial charge is 0.212 e. The van der Waals surface area contributed by atoms with Crippen molar-refractivity contribution in [3.05, 3.63) is 0 Å². The first kappa shape index (κ1) is 15.9. The second kappa shape index (κ2) is 6.84. The van der Waals surface area contributed by atoms with Crippen LogP contribution >= 0.6 is 0 Å². The molecule has 0 saturated carbocycles. The lowest BCUT2D eigenvalue weighted by molar-refractivity contribution is 0.178. The number of rotatable bonds is 8. The van der Waals surface area contributed by atoms with Crippen molar-refractivity contribution in [1.29, 1.82) is 0 Å². The topological polar surface area (TPSA) is 67.4 Å². The van der Waals surface area contributed by atoms with E-state index in [4.69, 9.17) is 4.74 Å². The minimum absolute atomic E-state index is 0.197. The zero-order chi connectivity index (χ0) is 13.6. The highest BCUT2D eigenvalue weighted by Gasteiger charge is 2.33. The second-order valence-corrected chi connectivity index (χ2v) is 7.44. The van der Waals surface area contributed by atoms with E-state index in [1.54, 1.807) is 0 Å². The van der Waals surface area contributed by atoms with Crippen LogP contribution in [0, 0.1) is 0 Å². The number of sulfonamides is 1. The molecule has 5 nitrogen and oxygen atoms in total. The van der Waals surface area contributed by atoms with Crippen molar-refractivity contribution in [2.45, 2.75) is 51.6 Å². The molecule has 0 aromatic rings. The van der Waals surface area contributed by atoms with E-state index >= 15 is 0 Å². The van der Waals surface area contributed by atoms with Crippen molar-refractivity contribution in [2.24, 2.45) is 0 Å². The van der Waals surface area contributed by atoms with Gasteiger partial charge >= 0.3 is 0 Å². The fraction of sp³-hybridized carbons (Fsp3) is 1.00. The molecule has 18 heavy (non-hydrogen) atoms. The molecule has 0 amide bonds. The van der Waals surface area contributed by atoms with E-state index < -0.39 is 15.6 Å².